The molecule has 2 rings (SSSR count). The molecule has 0 radical (unpaired) electrons. The van der Waals surface area contributed by atoms with Crippen molar-refractivity contribution in [3.05, 3.63) is 17.5 Å². The Hall–Kier alpha value is -1.16. The number of aromatic nitrogens is 2. The van der Waals surface area contributed by atoms with E-state index >= 15 is 0 Å². The van der Waals surface area contributed by atoms with E-state index in [1.54, 1.807) is 0 Å². The standard InChI is InChI=1S/C12H20N4/c1-9-6-11(7-13)15-12(14-9)16(2)8-10-4-3-5-10/h6,10H,3-5,7-8,13H2,1-2H3. The maximum atomic E-state index is 5.62. The normalized spacial score (nSPS) is 15.9. The molecule has 1 fully saturated rings. The van der Waals surface area contributed by atoms with Gasteiger partial charge in [0.05, 0.1) is 5.69 Å². The molecule has 16 heavy (non-hydrogen) atoms. The first-order valence-corrected chi connectivity index (χ1v) is 5.95. The van der Waals surface area contributed by atoms with Gasteiger partial charge in [0.1, 0.15) is 0 Å². The fourth-order valence-corrected chi connectivity index (χ4v) is 2.04. The van der Waals surface area contributed by atoms with Crippen LogP contribution in [-0.2, 0) is 6.54 Å². The Bertz CT molecular complexity index is 360. The molecule has 1 aromatic rings. The van der Waals surface area contributed by atoms with Gasteiger partial charge in [0, 0.05) is 25.8 Å². The Labute approximate surface area is 96.9 Å². The number of hydrogen-bond acceptors (Lipinski definition) is 4. The first-order chi connectivity index (χ1) is 7.69. The first-order valence-electron chi connectivity index (χ1n) is 5.95. The minimum atomic E-state index is 0.480. The zero-order chi connectivity index (χ0) is 11.5. The summed E-state index contributed by atoms with van der Waals surface area (Å²) in [6, 6.07) is 1.95. The van der Waals surface area contributed by atoms with Crippen LogP contribution < -0.4 is 10.6 Å². The van der Waals surface area contributed by atoms with Crippen LogP contribution in [0.2, 0.25) is 0 Å². The molecule has 0 spiro atoms. The van der Waals surface area contributed by atoms with Crippen molar-refractivity contribution >= 4 is 5.95 Å². The molecule has 0 aliphatic heterocycles. The lowest BCUT2D eigenvalue weighted by Gasteiger charge is -2.30. The Balaban J connectivity index is 2.08. The Morgan fingerprint density at radius 2 is 2.19 bits per heavy atom. The molecule has 0 amide bonds. The van der Waals surface area contributed by atoms with Gasteiger partial charge in [0.15, 0.2) is 0 Å². The molecule has 0 unspecified atom stereocenters. The highest BCUT2D eigenvalue weighted by molar-refractivity contribution is 5.31. The fourth-order valence-electron chi connectivity index (χ4n) is 2.04. The van der Waals surface area contributed by atoms with E-state index in [0.717, 1.165) is 29.8 Å². The first kappa shape index (κ1) is 11.3. The van der Waals surface area contributed by atoms with Gasteiger partial charge in [-0.3, -0.25) is 0 Å². The third kappa shape index (κ3) is 2.50. The molecule has 0 saturated heterocycles. The summed E-state index contributed by atoms with van der Waals surface area (Å²) in [6.07, 6.45) is 4.07. The van der Waals surface area contributed by atoms with Crippen LogP contribution in [0.1, 0.15) is 30.7 Å². The van der Waals surface area contributed by atoms with E-state index in [9.17, 15) is 0 Å². The van der Waals surface area contributed by atoms with Crippen molar-refractivity contribution in [2.75, 3.05) is 18.5 Å². The summed E-state index contributed by atoms with van der Waals surface area (Å²) in [6.45, 7) is 3.53. The summed E-state index contributed by atoms with van der Waals surface area (Å²) in [5.41, 5.74) is 7.53. The van der Waals surface area contributed by atoms with Gasteiger partial charge in [-0.15, -0.1) is 0 Å². The van der Waals surface area contributed by atoms with Gasteiger partial charge in [-0.1, -0.05) is 6.42 Å². The average molecular weight is 220 g/mol. The molecule has 1 aliphatic rings. The van der Waals surface area contributed by atoms with Crippen LogP contribution in [0.25, 0.3) is 0 Å². The molecule has 4 nitrogen and oxygen atoms in total. The predicted octanol–water partition coefficient (Wildman–Crippen LogP) is 1.48. The fraction of sp³-hybridized carbons (Fsp3) is 0.667. The topological polar surface area (TPSA) is 55.0 Å². The van der Waals surface area contributed by atoms with Gasteiger partial charge in [0.2, 0.25) is 5.95 Å². The Morgan fingerprint density at radius 3 is 2.75 bits per heavy atom. The Kier molecular flexibility index (Phi) is 3.39. The van der Waals surface area contributed by atoms with E-state index in [4.69, 9.17) is 5.73 Å². The van der Waals surface area contributed by atoms with Gasteiger partial charge in [0.25, 0.3) is 0 Å². The number of nitrogens with zero attached hydrogens (tertiary/aromatic N) is 3. The number of hydrogen-bond donors (Lipinski definition) is 1. The second-order valence-electron chi connectivity index (χ2n) is 4.68. The molecule has 0 atom stereocenters. The molecular weight excluding hydrogens is 200 g/mol. The molecule has 1 aliphatic carbocycles. The summed E-state index contributed by atoms with van der Waals surface area (Å²) in [7, 11) is 2.06. The molecule has 2 N–H and O–H groups in total. The lowest BCUT2D eigenvalue weighted by molar-refractivity contribution is 0.320. The van der Waals surface area contributed by atoms with Crippen molar-refractivity contribution in [2.24, 2.45) is 11.7 Å². The number of rotatable bonds is 4. The third-order valence-corrected chi connectivity index (χ3v) is 3.20. The van der Waals surface area contributed by atoms with Crippen molar-refractivity contribution < 1.29 is 0 Å². The molecule has 88 valence electrons. The van der Waals surface area contributed by atoms with Crippen LogP contribution in [0.3, 0.4) is 0 Å². The highest BCUT2D eigenvalue weighted by Crippen LogP contribution is 2.27. The summed E-state index contributed by atoms with van der Waals surface area (Å²) in [5.74, 6) is 1.64. The minimum absolute atomic E-state index is 0.480. The van der Waals surface area contributed by atoms with E-state index in [-0.39, 0.29) is 0 Å². The van der Waals surface area contributed by atoms with E-state index in [1.165, 1.54) is 19.3 Å². The highest BCUT2D eigenvalue weighted by Gasteiger charge is 2.20. The van der Waals surface area contributed by atoms with Crippen LogP contribution in [0.4, 0.5) is 5.95 Å². The number of anilines is 1. The van der Waals surface area contributed by atoms with Gasteiger partial charge in [-0.25, -0.2) is 9.97 Å². The maximum absolute atomic E-state index is 5.62. The van der Waals surface area contributed by atoms with E-state index in [2.05, 4.69) is 21.9 Å². The number of nitrogens with two attached hydrogens (primary N) is 1. The van der Waals surface area contributed by atoms with Crippen molar-refractivity contribution in [2.45, 2.75) is 32.7 Å². The van der Waals surface area contributed by atoms with Crippen LogP contribution in [0, 0.1) is 12.8 Å². The smallest absolute Gasteiger partial charge is 0.225 e. The second kappa shape index (κ2) is 4.78. The zero-order valence-corrected chi connectivity index (χ0v) is 10.1. The average Bonchev–Trinajstić information content (AvgIpc) is 2.22. The molecule has 4 heteroatoms. The second-order valence-corrected chi connectivity index (χ2v) is 4.68. The summed E-state index contributed by atoms with van der Waals surface area (Å²) >= 11 is 0. The van der Waals surface area contributed by atoms with Crippen molar-refractivity contribution in [3.8, 4) is 0 Å². The molecular formula is C12H20N4. The zero-order valence-electron chi connectivity index (χ0n) is 10.1. The largest absolute Gasteiger partial charge is 0.344 e. The van der Waals surface area contributed by atoms with Crippen molar-refractivity contribution in [1.82, 2.24) is 9.97 Å². The van der Waals surface area contributed by atoms with Gasteiger partial charge in [-0.05, 0) is 31.7 Å². The maximum Gasteiger partial charge on any atom is 0.225 e. The lowest BCUT2D eigenvalue weighted by Crippen LogP contribution is -2.30. The van der Waals surface area contributed by atoms with Crippen molar-refractivity contribution in [1.29, 1.82) is 0 Å². The SMILES string of the molecule is Cc1cc(CN)nc(N(C)CC2CCC2)n1. The van der Waals surface area contributed by atoms with Crippen LogP contribution in [0.15, 0.2) is 6.07 Å². The number of aryl methyl sites for hydroxylation is 1. The molecule has 1 heterocycles. The van der Waals surface area contributed by atoms with Gasteiger partial charge >= 0.3 is 0 Å². The summed E-state index contributed by atoms with van der Waals surface area (Å²) in [5, 5.41) is 0. The third-order valence-electron chi connectivity index (χ3n) is 3.20. The molecule has 1 saturated carbocycles. The van der Waals surface area contributed by atoms with Gasteiger partial charge < -0.3 is 10.6 Å². The van der Waals surface area contributed by atoms with Crippen molar-refractivity contribution in [3.63, 3.8) is 0 Å². The monoisotopic (exact) mass is 220 g/mol. The molecule has 1 aromatic heterocycles. The van der Waals surface area contributed by atoms with Crippen LogP contribution in [-0.4, -0.2) is 23.6 Å². The molecule has 0 aromatic carbocycles. The highest BCUT2D eigenvalue weighted by atomic mass is 15.2. The quantitative estimate of drug-likeness (QED) is 0.835. The van der Waals surface area contributed by atoms with E-state index < -0.39 is 0 Å². The van der Waals surface area contributed by atoms with E-state index in [0.29, 0.717) is 6.54 Å². The molecule has 0 bridgehead atoms. The van der Waals surface area contributed by atoms with E-state index in [1.807, 2.05) is 13.0 Å². The minimum Gasteiger partial charge on any atom is -0.344 e. The summed E-state index contributed by atoms with van der Waals surface area (Å²) < 4.78 is 0. The summed E-state index contributed by atoms with van der Waals surface area (Å²) in [4.78, 5) is 11.1. The lowest BCUT2D eigenvalue weighted by atomic mass is 9.85. The van der Waals surface area contributed by atoms with Crippen LogP contribution in [0.5, 0.6) is 0 Å². The Morgan fingerprint density at radius 1 is 1.44 bits per heavy atom. The van der Waals surface area contributed by atoms with Crippen LogP contribution >= 0.6 is 0 Å². The predicted molar refractivity (Wildman–Crippen MR) is 65.3 cm³/mol. The van der Waals surface area contributed by atoms with Gasteiger partial charge in [-0.2, -0.15) is 0 Å².